The molecule has 0 radical (unpaired) electrons. The second-order valence-corrected chi connectivity index (χ2v) is 6.78. The maximum absolute atomic E-state index is 13.6. The Labute approximate surface area is 134 Å². The molecule has 2 aromatic rings. The lowest BCUT2D eigenvalue weighted by Gasteiger charge is -2.21. The van der Waals surface area contributed by atoms with Crippen LogP contribution in [0.4, 0.5) is 9.18 Å². The van der Waals surface area contributed by atoms with Crippen LogP contribution >= 0.6 is 11.6 Å². The summed E-state index contributed by atoms with van der Waals surface area (Å²) in [6.45, 7) is 7.30. The van der Waals surface area contributed by atoms with E-state index < -0.39 is 17.5 Å². The fraction of sp³-hybridized carbons (Fsp3) is 0.438. The molecule has 0 aliphatic rings. The Kier molecular flexibility index (Phi) is 4.66. The molecule has 0 spiro atoms. The average Bonchev–Trinajstić information content (AvgIpc) is 2.70. The van der Waals surface area contributed by atoms with Crippen molar-refractivity contribution in [1.29, 1.82) is 0 Å². The van der Waals surface area contributed by atoms with E-state index in [1.165, 1.54) is 6.07 Å². The average molecular weight is 327 g/mol. The molecule has 2 N–H and O–H groups in total. The highest BCUT2D eigenvalue weighted by Crippen LogP contribution is 2.25. The van der Waals surface area contributed by atoms with Gasteiger partial charge in [-0.3, -0.25) is 0 Å². The van der Waals surface area contributed by atoms with E-state index in [4.69, 9.17) is 16.3 Å². The number of fused-ring (bicyclic) bond motifs is 1. The number of benzene rings is 1. The Morgan fingerprint density at radius 2 is 2.14 bits per heavy atom. The summed E-state index contributed by atoms with van der Waals surface area (Å²) in [6.07, 6.45) is 1.89. The molecule has 0 saturated carbocycles. The van der Waals surface area contributed by atoms with Crippen LogP contribution in [-0.4, -0.2) is 22.7 Å². The topological polar surface area (TPSA) is 54.1 Å². The van der Waals surface area contributed by atoms with Crippen LogP contribution in [0.1, 0.15) is 33.3 Å². The molecular formula is C16H20ClFN2O2. The van der Waals surface area contributed by atoms with E-state index in [9.17, 15) is 9.18 Å². The van der Waals surface area contributed by atoms with Crippen molar-refractivity contribution in [2.75, 3.05) is 0 Å². The number of hydrogen-bond acceptors (Lipinski definition) is 2. The van der Waals surface area contributed by atoms with Gasteiger partial charge in [-0.1, -0.05) is 11.6 Å². The van der Waals surface area contributed by atoms with Gasteiger partial charge in [-0.2, -0.15) is 0 Å². The summed E-state index contributed by atoms with van der Waals surface area (Å²) in [4.78, 5) is 14.8. The van der Waals surface area contributed by atoms with Gasteiger partial charge in [0.15, 0.2) is 0 Å². The van der Waals surface area contributed by atoms with Crippen molar-refractivity contribution in [3.8, 4) is 0 Å². The molecule has 1 atom stereocenters. The number of rotatable bonds is 3. The molecule has 1 heterocycles. The highest BCUT2D eigenvalue weighted by molar-refractivity contribution is 6.31. The van der Waals surface area contributed by atoms with Crippen LogP contribution in [0.15, 0.2) is 18.3 Å². The summed E-state index contributed by atoms with van der Waals surface area (Å²) < 4.78 is 18.8. The lowest BCUT2D eigenvalue weighted by molar-refractivity contribution is 0.0508. The SMILES string of the molecule is C[C@@H](Cc1c[nH]c2cc(Cl)c(F)cc12)NC(=O)OC(C)(C)C. The molecule has 4 nitrogen and oxygen atoms in total. The van der Waals surface area contributed by atoms with Crippen LogP contribution < -0.4 is 5.32 Å². The molecular weight excluding hydrogens is 307 g/mol. The predicted molar refractivity (Wildman–Crippen MR) is 85.8 cm³/mol. The van der Waals surface area contributed by atoms with Crippen molar-refractivity contribution in [2.24, 2.45) is 0 Å². The van der Waals surface area contributed by atoms with Crippen molar-refractivity contribution in [1.82, 2.24) is 10.3 Å². The minimum atomic E-state index is -0.537. The van der Waals surface area contributed by atoms with Gasteiger partial charge < -0.3 is 15.0 Å². The van der Waals surface area contributed by atoms with Crippen LogP contribution in [0.3, 0.4) is 0 Å². The normalized spacial score (nSPS) is 13.2. The van der Waals surface area contributed by atoms with Crippen LogP contribution in [0.5, 0.6) is 0 Å². The number of H-pyrrole nitrogens is 1. The Bertz CT molecular complexity index is 691. The lowest BCUT2D eigenvalue weighted by Crippen LogP contribution is -2.38. The van der Waals surface area contributed by atoms with E-state index in [1.54, 1.807) is 12.3 Å². The molecule has 6 heteroatoms. The van der Waals surface area contributed by atoms with E-state index >= 15 is 0 Å². The Morgan fingerprint density at radius 1 is 1.45 bits per heavy atom. The first-order valence-electron chi connectivity index (χ1n) is 7.10. The molecule has 0 aliphatic heterocycles. The third-order valence-corrected chi connectivity index (χ3v) is 3.39. The second kappa shape index (κ2) is 6.16. The molecule has 2 rings (SSSR count). The van der Waals surface area contributed by atoms with E-state index in [1.807, 2.05) is 27.7 Å². The van der Waals surface area contributed by atoms with Gasteiger partial charge in [0.25, 0.3) is 0 Å². The number of amides is 1. The van der Waals surface area contributed by atoms with Crippen molar-refractivity contribution >= 4 is 28.6 Å². The first-order chi connectivity index (χ1) is 10.2. The van der Waals surface area contributed by atoms with Crippen molar-refractivity contribution in [3.63, 3.8) is 0 Å². The highest BCUT2D eigenvalue weighted by Gasteiger charge is 2.18. The zero-order valence-electron chi connectivity index (χ0n) is 13.1. The summed E-state index contributed by atoms with van der Waals surface area (Å²) in [7, 11) is 0. The first kappa shape index (κ1) is 16.6. The Balaban J connectivity index is 2.07. The van der Waals surface area contributed by atoms with Gasteiger partial charge in [-0.05, 0) is 51.8 Å². The first-order valence-corrected chi connectivity index (χ1v) is 7.48. The fourth-order valence-electron chi connectivity index (χ4n) is 2.23. The van der Waals surface area contributed by atoms with E-state index in [0.717, 1.165) is 16.5 Å². The summed E-state index contributed by atoms with van der Waals surface area (Å²) in [5.41, 5.74) is 1.14. The number of nitrogens with one attached hydrogen (secondary N) is 2. The van der Waals surface area contributed by atoms with Crippen molar-refractivity contribution in [3.05, 3.63) is 34.7 Å². The smallest absolute Gasteiger partial charge is 0.407 e. The monoisotopic (exact) mass is 326 g/mol. The van der Waals surface area contributed by atoms with Crippen LogP contribution in [-0.2, 0) is 11.2 Å². The fourth-order valence-corrected chi connectivity index (χ4v) is 2.40. The largest absolute Gasteiger partial charge is 0.444 e. The maximum Gasteiger partial charge on any atom is 0.407 e. The lowest BCUT2D eigenvalue weighted by atomic mass is 10.1. The quantitative estimate of drug-likeness (QED) is 0.877. The number of halogens is 2. The molecule has 1 aromatic heterocycles. The van der Waals surface area contributed by atoms with Gasteiger partial charge >= 0.3 is 6.09 Å². The minimum absolute atomic E-state index is 0.0841. The molecule has 1 aromatic carbocycles. The second-order valence-electron chi connectivity index (χ2n) is 6.38. The minimum Gasteiger partial charge on any atom is -0.444 e. The Hall–Kier alpha value is -1.75. The van der Waals surface area contributed by atoms with Crippen molar-refractivity contribution in [2.45, 2.75) is 45.8 Å². The van der Waals surface area contributed by atoms with Gasteiger partial charge in [0.1, 0.15) is 11.4 Å². The van der Waals surface area contributed by atoms with Gasteiger partial charge in [0, 0.05) is 23.1 Å². The summed E-state index contributed by atoms with van der Waals surface area (Å²) in [5, 5.41) is 3.62. The third kappa shape index (κ3) is 4.13. The third-order valence-electron chi connectivity index (χ3n) is 3.10. The highest BCUT2D eigenvalue weighted by atomic mass is 35.5. The molecule has 1 amide bonds. The summed E-state index contributed by atoms with van der Waals surface area (Å²) >= 11 is 5.76. The van der Waals surface area contributed by atoms with Crippen LogP contribution in [0, 0.1) is 5.82 Å². The predicted octanol–water partition coefficient (Wildman–Crippen LogP) is 4.42. The molecule has 22 heavy (non-hydrogen) atoms. The van der Waals surface area contributed by atoms with E-state index in [2.05, 4.69) is 10.3 Å². The van der Waals surface area contributed by atoms with Gasteiger partial charge in [0.2, 0.25) is 0 Å². The van der Waals surface area contributed by atoms with Gasteiger partial charge in [-0.25, -0.2) is 9.18 Å². The number of ether oxygens (including phenoxy) is 1. The number of carbonyl (C=O) groups excluding carboxylic acids is 1. The zero-order chi connectivity index (χ0) is 16.5. The number of aromatic amines is 1. The maximum atomic E-state index is 13.6. The molecule has 120 valence electrons. The van der Waals surface area contributed by atoms with Crippen LogP contribution in [0.25, 0.3) is 10.9 Å². The zero-order valence-corrected chi connectivity index (χ0v) is 13.8. The summed E-state index contributed by atoms with van der Waals surface area (Å²) in [5.74, 6) is -0.456. The Morgan fingerprint density at radius 3 is 2.77 bits per heavy atom. The number of alkyl carbamates (subject to hydrolysis) is 1. The number of hydrogen-bond donors (Lipinski definition) is 2. The van der Waals surface area contributed by atoms with Crippen LogP contribution in [0.2, 0.25) is 5.02 Å². The molecule has 0 fully saturated rings. The molecule has 0 aliphatic carbocycles. The molecule has 0 unspecified atom stereocenters. The molecule has 0 bridgehead atoms. The van der Waals surface area contributed by atoms with E-state index in [-0.39, 0.29) is 11.1 Å². The van der Waals surface area contributed by atoms with E-state index in [0.29, 0.717) is 6.42 Å². The standard InChI is InChI=1S/C16H20ClFN2O2/c1-9(20-15(21)22-16(2,3)4)5-10-8-19-14-7-12(17)13(18)6-11(10)14/h6-9,19H,5H2,1-4H3,(H,20,21)/t9-/m0/s1. The van der Waals surface area contributed by atoms with Gasteiger partial charge in [0.05, 0.1) is 5.02 Å². The summed E-state index contributed by atoms with van der Waals surface area (Å²) in [6, 6.07) is 2.82. The number of carbonyl (C=O) groups is 1. The molecule has 0 saturated heterocycles. The van der Waals surface area contributed by atoms with Gasteiger partial charge in [-0.15, -0.1) is 0 Å². The van der Waals surface area contributed by atoms with Crippen molar-refractivity contribution < 1.29 is 13.9 Å². The number of aromatic nitrogens is 1.